The van der Waals surface area contributed by atoms with E-state index in [2.05, 4.69) is 21.9 Å². The number of rotatable bonds is 5. The van der Waals surface area contributed by atoms with E-state index in [1.807, 2.05) is 18.7 Å². The first-order valence-corrected chi connectivity index (χ1v) is 8.32. The molecule has 2 N–H and O–H groups in total. The van der Waals surface area contributed by atoms with Gasteiger partial charge >= 0.3 is 0 Å². The molecule has 0 unspecified atom stereocenters. The van der Waals surface area contributed by atoms with Gasteiger partial charge in [-0.15, -0.1) is 0 Å². The molecule has 0 bridgehead atoms. The highest BCUT2D eigenvalue weighted by Gasteiger charge is 2.22. The normalized spacial score (nSPS) is 22.6. The number of halogens is 2. The molecule has 0 aliphatic heterocycles. The summed E-state index contributed by atoms with van der Waals surface area (Å²) in [6.45, 7) is 2.40. The number of aromatic nitrogens is 1. The fourth-order valence-electron chi connectivity index (χ4n) is 2.50. The number of hydrogen-bond donors (Lipinski definition) is 2. The van der Waals surface area contributed by atoms with Crippen molar-refractivity contribution >= 4 is 23.4 Å². The summed E-state index contributed by atoms with van der Waals surface area (Å²) in [6, 6.07) is 1.11. The molecule has 20 heavy (non-hydrogen) atoms. The van der Waals surface area contributed by atoms with Crippen LogP contribution in [0.5, 0.6) is 0 Å². The smallest absolute Gasteiger partial charge is 0.168 e. The highest BCUT2D eigenvalue weighted by molar-refractivity contribution is 7.99. The molecule has 0 atom stereocenters. The van der Waals surface area contributed by atoms with Crippen LogP contribution in [0.15, 0.2) is 6.07 Å². The van der Waals surface area contributed by atoms with Crippen LogP contribution in [0.25, 0.3) is 0 Å². The predicted octanol–water partition coefficient (Wildman–Crippen LogP) is 3.88. The minimum atomic E-state index is -0.652. The standard InChI is InChI=1S/C14H21F2N3S/c1-3-17-13-11(15)8-12(16)14(19-13)18-9-4-6-10(20-2)7-5-9/h8-10H,3-7H2,1-2H3,(H2,17,18,19). The number of nitrogens with one attached hydrogen (secondary N) is 2. The molecule has 1 aliphatic carbocycles. The van der Waals surface area contributed by atoms with Gasteiger partial charge in [0.1, 0.15) is 0 Å². The van der Waals surface area contributed by atoms with Gasteiger partial charge in [0, 0.05) is 23.9 Å². The van der Waals surface area contributed by atoms with Crippen molar-refractivity contribution in [1.82, 2.24) is 4.98 Å². The number of hydrogen-bond acceptors (Lipinski definition) is 4. The van der Waals surface area contributed by atoms with Crippen LogP contribution in [0.3, 0.4) is 0 Å². The van der Waals surface area contributed by atoms with Gasteiger partial charge in [0.05, 0.1) is 0 Å². The molecule has 1 aromatic rings. The van der Waals surface area contributed by atoms with E-state index in [9.17, 15) is 8.78 Å². The van der Waals surface area contributed by atoms with E-state index in [0.717, 1.165) is 31.7 Å². The predicted molar refractivity (Wildman–Crippen MR) is 81.5 cm³/mol. The molecule has 112 valence electrons. The third kappa shape index (κ3) is 3.75. The molecule has 1 fully saturated rings. The summed E-state index contributed by atoms with van der Waals surface area (Å²) in [5, 5.41) is 6.62. The van der Waals surface area contributed by atoms with Crippen molar-refractivity contribution in [2.75, 3.05) is 23.4 Å². The Kier molecular flexibility index (Phi) is 5.46. The molecule has 0 radical (unpaired) electrons. The third-order valence-electron chi connectivity index (χ3n) is 3.62. The first-order chi connectivity index (χ1) is 9.63. The summed E-state index contributed by atoms with van der Waals surface area (Å²) in [4.78, 5) is 4.02. The second-order valence-electron chi connectivity index (χ2n) is 5.03. The number of pyridine rings is 1. The first kappa shape index (κ1) is 15.4. The fraction of sp³-hybridized carbons (Fsp3) is 0.643. The van der Waals surface area contributed by atoms with Crippen molar-refractivity contribution in [3.63, 3.8) is 0 Å². The lowest BCUT2D eigenvalue weighted by Gasteiger charge is -2.28. The minimum Gasteiger partial charge on any atom is -0.368 e. The van der Waals surface area contributed by atoms with Crippen LogP contribution in [0.4, 0.5) is 20.4 Å². The Morgan fingerprint density at radius 3 is 2.45 bits per heavy atom. The van der Waals surface area contributed by atoms with E-state index >= 15 is 0 Å². The van der Waals surface area contributed by atoms with Crippen LogP contribution in [0.2, 0.25) is 0 Å². The molecule has 3 nitrogen and oxygen atoms in total. The minimum absolute atomic E-state index is 0.106. The third-order valence-corrected chi connectivity index (χ3v) is 4.76. The van der Waals surface area contributed by atoms with Gasteiger partial charge < -0.3 is 10.6 Å². The van der Waals surface area contributed by atoms with E-state index in [-0.39, 0.29) is 17.7 Å². The molecular weight excluding hydrogens is 280 g/mol. The monoisotopic (exact) mass is 301 g/mol. The summed E-state index contributed by atoms with van der Waals surface area (Å²) in [5.74, 6) is -1.03. The molecule has 1 saturated carbocycles. The van der Waals surface area contributed by atoms with Gasteiger partial charge in [-0.1, -0.05) is 0 Å². The van der Waals surface area contributed by atoms with Gasteiger partial charge in [-0.2, -0.15) is 11.8 Å². The van der Waals surface area contributed by atoms with Crippen LogP contribution in [-0.4, -0.2) is 29.1 Å². The van der Waals surface area contributed by atoms with Crippen molar-refractivity contribution in [2.24, 2.45) is 0 Å². The second-order valence-corrected chi connectivity index (χ2v) is 6.17. The maximum Gasteiger partial charge on any atom is 0.168 e. The zero-order chi connectivity index (χ0) is 14.5. The van der Waals surface area contributed by atoms with E-state index in [4.69, 9.17) is 0 Å². The lowest BCUT2D eigenvalue weighted by molar-refractivity contribution is 0.469. The number of thioether (sulfide) groups is 1. The molecule has 0 spiro atoms. The van der Waals surface area contributed by atoms with Crippen LogP contribution in [0.1, 0.15) is 32.6 Å². The van der Waals surface area contributed by atoms with Crippen LogP contribution >= 0.6 is 11.8 Å². The Hall–Kier alpha value is -1.04. The van der Waals surface area contributed by atoms with Gasteiger partial charge in [0.2, 0.25) is 0 Å². The molecule has 1 aromatic heterocycles. The van der Waals surface area contributed by atoms with Crippen molar-refractivity contribution < 1.29 is 8.78 Å². The first-order valence-electron chi connectivity index (χ1n) is 7.03. The van der Waals surface area contributed by atoms with E-state index in [1.165, 1.54) is 0 Å². The molecule has 1 aliphatic rings. The van der Waals surface area contributed by atoms with Crippen LogP contribution in [-0.2, 0) is 0 Å². The Labute approximate surface area is 122 Å². The zero-order valence-corrected chi connectivity index (χ0v) is 12.7. The lowest BCUT2D eigenvalue weighted by atomic mass is 9.95. The fourth-order valence-corrected chi connectivity index (χ4v) is 3.24. The molecule has 6 heteroatoms. The summed E-state index contributed by atoms with van der Waals surface area (Å²) < 4.78 is 27.3. The maximum absolute atomic E-state index is 13.8. The van der Waals surface area contributed by atoms with Gasteiger partial charge in [-0.05, 0) is 38.9 Å². The molecule has 0 amide bonds. The lowest BCUT2D eigenvalue weighted by Crippen LogP contribution is -2.28. The number of nitrogens with zero attached hydrogens (tertiary/aromatic N) is 1. The summed E-state index contributed by atoms with van der Waals surface area (Å²) in [5.41, 5.74) is 0. The van der Waals surface area contributed by atoms with Crippen molar-refractivity contribution in [2.45, 2.75) is 43.9 Å². The van der Waals surface area contributed by atoms with Gasteiger partial charge in [0.15, 0.2) is 23.3 Å². The second kappa shape index (κ2) is 7.11. The zero-order valence-electron chi connectivity index (χ0n) is 11.9. The topological polar surface area (TPSA) is 37.0 Å². The highest BCUT2D eigenvalue weighted by Crippen LogP contribution is 2.29. The molecule has 0 saturated heterocycles. The summed E-state index contributed by atoms with van der Waals surface area (Å²) in [7, 11) is 0. The van der Waals surface area contributed by atoms with E-state index in [0.29, 0.717) is 11.8 Å². The van der Waals surface area contributed by atoms with E-state index < -0.39 is 11.6 Å². The van der Waals surface area contributed by atoms with Gasteiger partial charge in [0.25, 0.3) is 0 Å². The molecule has 2 rings (SSSR count). The van der Waals surface area contributed by atoms with Crippen molar-refractivity contribution in [3.8, 4) is 0 Å². The Morgan fingerprint density at radius 2 is 1.85 bits per heavy atom. The molecular formula is C14H21F2N3S. The largest absolute Gasteiger partial charge is 0.368 e. The Morgan fingerprint density at radius 1 is 1.20 bits per heavy atom. The SMILES string of the molecule is CCNc1nc(NC2CCC(SC)CC2)c(F)cc1F. The molecule has 0 aromatic carbocycles. The summed E-state index contributed by atoms with van der Waals surface area (Å²) >= 11 is 1.89. The Bertz CT molecular complexity index is 448. The van der Waals surface area contributed by atoms with Crippen LogP contribution < -0.4 is 10.6 Å². The average molecular weight is 301 g/mol. The van der Waals surface area contributed by atoms with Crippen molar-refractivity contribution in [3.05, 3.63) is 17.7 Å². The average Bonchev–Trinajstić information content (AvgIpc) is 2.45. The Balaban J connectivity index is 2.03. The van der Waals surface area contributed by atoms with E-state index in [1.54, 1.807) is 0 Å². The summed E-state index contributed by atoms with van der Waals surface area (Å²) in [6.07, 6.45) is 6.38. The number of anilines is 2. The quantitative estimate of drug-likeness (QED) is 0.865. The molecule has 1 heterocycles. The van der Waals surface area contributed by atoms with Crippen LogP contribution in [0, 0.1) is 11.6 Å². The maximum atomic E-state index is 13.8. The van der Waals surface area contributed by atoms with Crippen molar-refractivity contribution in [1.29, 1.82) is 0 Å². The van der Waals surface area contributed by atoms with Gasteiger partial charge in [-0.3, -0.25) is 0 Å². The highest BCUT2D eigenvalue weighted by atomic mass is 32.2. The van der Waals surface area contributed by atoms with Gasteiger partial charge in [-0.25, -0.2) is 13.8 Å².